The molecule has 9 nitrogen and oxygen atoms in total. The van der Waals surface area contributed by atoms with Crippen molar-refractivity contribution in [2.24, 2.45) is 11.1 Å². The molecular weight excluding hydrogens is 246 g/mol. The van der Waals surface area contributed by atoms with Gasteiger partial charge in [0.25, 0.3) is 0 Å². The lowest BCUT2D eigenvalue weighted by molar-refractivity contribution is -0.386. The van der Waals surface area contributed by atoms with E-state index in [-0.39, 0.29) is 12.2 Å². The Morgan fingerprint density at radius 2 is 2.28 bits per heavy atom. The molecule has 1 aromatic carbocycles. The van der Waals surface area contributed by atoms with Crippen LogP contribution in [0.15, 0.2) is 23.5 Å². The van der Waals surface area contributed by atoms with Gasteiger partial charge < -0.3 is 15.7 Å². The number of carboxylic acid groups (broad SMARTS) is 1. The van der Waals surface area contributed by atoms with Gasteiger partial charge in [-0.05, 0) is 18.1 Å². The number of nitro benzene ring substituents is 1. The number of carboxylic acids is 1. The number of rotatable bonds is 6. The van der Waals surface area contributed by atoms with Gasteiger partial charge in [-0.2, -0.15) is 0 Å². The van der Waals surface area contributed by atoms with E-state index in [1.54, 1.807) is 0 Å². The van der Waals surface area contributed by atoms with Crippen molar-refractivity contribution >= 4 is 11.7 Å². The molecular formula is C9H9N3O6. The number of nitro groups is 1. The zero-order valence-corrected chi connectivity index (χ0v) is 8.98. The van der Waals surface area contributed by atoms with Crippen molar-refractivity contribution in [2.45, 2.75) is 12.5 Å². The fourth-order valence-electron chi connectivity index (χ4n) is 1.29. The first kappa shape index (κ1) is 13.5. The van der Waals surface area contributed by atoms with E-state index in [0.717, 1.165) is 12.1 Å². The average Bonchev–Trinajstić information content (AvgIpc) is 2.30. The molecule has 0 amide bonds. The second-order valence-electron chi connectivity index (χ2n) is 3.37. The summed E-state index contributed by atoms with van der Waals surface area (Å²) in [5, 5.41) is 21.4. The summed E-state index contributed by atoms with van der Waals surface area (Å²) in [6.45, 7) is 0. The first-order valence-corrected chi connectivity index (χ1v) is 4.71. The third-order valence-electron chi connectivity index (χ3n) is 2.13. The molecule has 0 heterocycles. The summed E-state index contributed by atoms with van der Waals surface area (Å²) in [4.78, 5) is 34.6. The van der Waals surface area contributed by atoms with E-state index in [4.69, 9.17) is 10.8 Å². The molecule has 0 aliphatic carbocycles. The van der Waals surface area contributed by atoms with Gasteiger partial charge in [-0.1, -0.05) is 6.07 Å². The quantitative estimate of drug-likeness (QED) is 0.430. The van der Waals surface area contributed by atoms with E-state index in [9.17, 15) is 19.8 Å². The minimum absolute atomic E-state index is 0.0784. The molecule has 1 atom stereocenters. The molecule has 0 spiro atoms. The Labute approximate surface area is 100 Å². The molecule has 0 saturated heterocycles. The Morgan fingerprint density at radius 3 is 2.78 bits per heavy atom. The van der Waals surface area contributed by atoms with Crippen molar-refractivity contribution < 1.29 is 19.7 Å². The predicted octanol–water partition coefficient (Wildman–Crippen LogP) is 0.609. The lowest BCUT2D eigenvalue weighted by Crippen LogP contribution is -2.32. The van der Waals surface area contributed by atoms with Crippen LogP contribution >= 0.6 is 0 Å². The fraction of sp³-hybridized carbons (Fsp3) is 0.222. The second kappa shape index (κ2) is 5.68. The minimum Gasteiger partial charge on any atom is -0.480 e. The third-order valence-corrected chi connectivity index (χ3v) is 2.13. The maximum atomic E-state index is 10.7. The van der Waals surface area contributed by atoms with E-state index < -0.39 is 22.6 Å². The van der Waals surface area contributed by atoms with Crippen LogP contribution in [-0.4, -0.2) is 22.0 Å². The lowest BCUT2D eigenvalue weighted by Gasteiger charge is -2.06. The summed E-state index contributed by atoms with van der Waals surface area (Å²) < 4.78 is 0. The molecule has 0 aromatic heterocycles. The molecule has 18 heavy (non-hydrogen) atoms. The standard InChI is InChI=1S/C9H9N3O6/c10-6(9(13)14)3-5-1-2-8(18-11-15)7(4-5)12(16)17/h1-2,4,6H,3,10H2,(H,13,14)/t6-/m0/s1. The summed E-state index contributed by atoms with van der Waals surface area (Å²) in [6, 6.07) is 2.45. The maximum Gasteiger partial charge on any atom is 0.320 e. The number of nitrogens with two attached hydrogens (primary N) is 1. The van der Waals surface area contributed by atoms with Crippen LogP contribution in [0.3, 0.4) is 0 Å². The second-order valence-corrected chi connectivity index (χ2v) is 3.37. The van der Waals surface area contributed by atoms with Crippen LogP contribution < -0.4 is 10.6 Å². The summed E-state index contributed by atoms with van der Waals surface area (Å²) in [7, 11) is 0. The SMILES string of the molecule is N[C@@H](Cc1ccc(ON=O)c([N+](=O)[O-])c1)C(=O)O. The van der Waals surface area contributed by atoms with E-state index in [1.165, 1.54) is 6.07 Å². The first-order valence-electron chi connectivity index (χ1n) is 4.71. The van der Waals surface area contributed by atoms with Crippen molar-refractivity contribution in [1.82, 2.24) is 0 Å². The van der Waals surface area contributed by atoms with Gasteiger partial charge in [-0.3, -0.25) is 14.9 Å². The number of carbonyl (C=O) groups is 1. The first-order chi connectivity index (χ1) is 8.45. The third kappa shape index (κ3) is 3.22. The molecule has 0 radical (unpaired) electrons. The van der Waals surface area contributed by atoms with Gasteiger partial charge in [0.15, 0.2) is 5.34 Å². The van der Waals surface area contributed by atoms with Crippen LogP contribution in [-0.2, 0) is 11.2 Å². The minimum atomic E-state index is -1.22. The predicted molar refractivity (Wildman–Crippen MR) is 58.8 cm³/mol. The van der Waals surface area contributed by atoms with Gasteiger partial charge in [-0.25, -0.2) is 0 Å². The van der Waals surface area contributed by atoms with E-state index in [1.807, 2.05) is 0 Å². The molecule has 1 aromatic rings. The van der Waals surface area contributed by atoms with Crippen molar-refractivity contribution in [3.8, 4) is 5.75 Å². The smallest absolute Gasteiger partial charge is 0.320 e. The highest BCUT2D eigenvalue weighted by molar-refractivity contribution is 5.73. The summed E-state index contributed by atoms with van der Waals surface area (Å²) in [5.41, 5.74) is 5.16. The molecule has 0 unspecified atom stereocenters. The topological polar surface area (TPSA) is 145 Å². The molecule has 0 aliphatic heterocycles. The number of nitrogens with zero attached hydrogens (tertiary/aromatic N) is 2. The lowest BCUT2D eigenvalue weighted by atomic mass is 10.1. The summed E-state index contributed by atoms with van der Waals surface area (Å²) >= 11 is 0. The van der Waals surface area contributed by atoms with Gasteiger partial charge in [0.05, 0.1) is 4.92 Å². The average molecular weight is 255 g/mol. The van der Waals surface area contributed by atoms with Crippen LogP contribution in [0, 0.1) is 15.0 Å². The van der Waals surface area contributed by atoms with Crippen molar-refractivity contribution in [1.29, 1.82) is 0 Å². The number of hydrogen-bond donors (Lipinski definition) is 2. The molecule has 0 fully saturated rings. The van der Waals surface area contributed by atoms with Crippen LogP contribution in [0.25, 0.3) is 0 Å². The normalized spacial score (nSPS) is 11.6. The Kier molecular flexibility index (Phi) is 4.27. The number of benzene rings is 1. The Hall–Kier alpha value is -2.55. The molecule has 0 saturated carbocycles. The highest BCUT2D eigenvalue weighted by atomic mass is 16.7. The summed E-state index contributed by atoms with van der Waals surface area (Å²) in [6.07, 6.45) is -0.0784. The maximum absolute atomic E-state index is 10.7. The fourth-order valence-corrected chi connectivity index (χ4v) is 1.29. The molecule has 3 N–H and O–H groups in total. The highest BCUT2D eigenvalue weighted by Crippen LogP contribution is 2.28. The van der Waals surface area contributed by atoms with Crippen molar-refractivity contribution in [3.05, 3.63) is 38.8 Å². The number of aliphatic carboxylic acids is 1. The van der Waals surface area contributed by atoms with Crippen LogP contribution in [0.2, 0.25) is 0 Å². The Balaban J connectivity index is 3.03. The van der Waals surface area contributed by atoms with E-state index in [2.05, 4.69) is 10.2 Å². The van der Waals surface area contributed by atoms with Crippen LogP contribution in [0.4, 0.5) is 5.69 Å². The van der Waals surface area contributed by atoms with Crippen LogP contribution in [0.1, 0.15) is 5.56 Å². The van der Waals surface area contributed by atoms with Gasteiger partial charge in [0.2, 0.25) is 5.75 Å². The van der Waals surface area contributed by atoms with Gasteiger partial charge in [0.1, 0.15) is 6.04 Å². The van der Waals surface area contributed by atoms with Gasteiger partial charge in [0, 0.05) is 6.07 Å². The zero-order valence-electron chi connectivity index (χ0n) is 8.98. The zero-order chi connectivity index (χ0) is 13.7. The van der Waals surface area contributed by atoms with Crippen molar-refractivity contribution in [3.63, 3.8) is 0 Å². The van der Waals surface area contributed by atoms with Gasteiger partial charge in [-0.15, -0.1) is 4.91 Å². The highest BCUT2D eigenvalue weighted by Gasteiger charge is 2.19. The molecule has 96 valence electrons. The Bertz CT molecular complexity index is 489. The van der Waals surface area contributed by atoms with Crippen molar-refractivity contribution in [2.75, 3.05) is 0 Å². The molecule has 9 heteroatoms. The molecule has 1 rings (SSSR count). The summed E-state index contributed by atoms with van der Waals surface area (Å²) in [5.74, 6) is -1.53. The largest absolute Gasteiger partial charge is 0.480 e. The van der Waals surface area contributed by atoms with Gasteiger partial charge >= 0.3 is 11.7 Å². The van der Waals surface area contributed by atoms with Crippen LogP contribution in [0.5, 0.6) is 5.75 Å². The van der Waals surface area contributed by atoms with E-state index >= 15 is 0 Å². The number of hydrogen-bond acceptors (Lipinski definition) is 7. The van der Waals surface area contributed by atoms with E-state index in [0.29, 0.717) is 5.56 Å². The Morgan fingerprint density at radius 1 is 1.61 bits per heavy atom. The molecule has 0 aliphatic rings. The monoisotopic (exact) mass is 255 g/mol. The molecule has 0 bridgehead atoms.